The van der Waals surface area contributed by atoms with E-state index in [1.165, 1.54) is 9.71 Å². The van der Waals surface area contributed by atoms with Gasteiger partial charge in [0, 0.05) is 25.6 Å². The van der Waals surface area contributed by atoms with Crippen LogP contribution < -0.4 is 5.73 Å². The third kappa shape index (κ3) is 3.86. The molecule has 1 aromatic carbocycles. The summed E-state index contributed by atoms with van der Waals surface area (Å²) in [6, 6.07) is 8.33. The number of thiazole rings is 1. The summed E-state index contributed by atoms with van der Waals surface area (Å²) in [6.07, 6.45) is 6.27. The van der Waals surface area contributed by atoms with Crippen molar-refractivity contribution in [3.05, 3.63) is 29.3 Å². The number of amides is 1. The summed E-state index contributed by atoms with van der Waals surface area (Å²) < 4.78 is 1.26. The van der Waals surface area contributed by atoms with E-state index in [0.717, 1.165) is 57.1 Å². The number of likely N-dealkylation sites (tertiary alicyclic amines) is 1. The summed E-state index contributed by atoms with van der Waals surface area (Å²) >= 11 is 1.81. The van der Waals surface area contributed by atoms with Crippen LogP contribution >= 0.6 is 36.2 Å². The Morgan fingerprint density at radius 1 is 1.19 bits per heavy atom. The lowest BCUT2D eigenvalue weighted by atomic mass is 9.83. The van der Waals surface area contributed by atoms with Crippen LogP contribution in [-0.2, 0) is 4.79 Å². The molecule has 7 heteroatoms. The van der Waals surface area contributed by atoms with Crippen molar-refractivity contribution in [3.63, 3.8) is 0 Å². The number of carbonyl (C=O) groups is 1. The highest BCUT2D eigenvalue weighted by molar-refractivity contribution is 7.18. The molecular formula is C19H27Cl2N3OS. The highest BCUT2D eigenvalue weighted by Crippen LogP contribution is 2.40. The van der Waals surface area contributed by atoms with Crippen molar-refractivity contribution in [1.82, 2.24) is 9.88 Å². The lowest BCUT2D eigenvalue weighted by Crippen LogP contribution is -2.49. The van der Waals surface area contributed by atoms with E-state index in [1.54, 1.807) is 0 Å². The maximum Gasteiger partial charge on any atom is 0.230 e. The Bertz CT molecular complexity index is 704. The van der Waals surface area contributed by atoms with Crippen molar-refractivity contribution in [2.24, 2.45) is 11.1 Å². The fraction of sp³-hybridized carbons (Fsp3) is 0.579. The van der Waals surface area contributed by atoms with Crippen LogP contribution in [0.25, 0.3) is 10.2 Å². The van der Waals surface area contributed by atoms with Crippen molar-refractivity contribution in [2.75, 3.05) is 19.6 Å². The molecule has 1 amide bonds. The Balaban J connectivity index is 0.00000121. The number of aromatic nitrogens is 1. The second-order valence-electron chi connectivity index (χ2n) is 7.28. The number of hydrogen-bond donors (Lipinski definition) is 1. The van der Waals surface area contributed by atoms with Gasteiger partial charge < -0.3 is 10.6 Å². The molecule has 1 aromatic heterocycles. The molecule has 0 atom stereocenters. The molecule has 2 heterocycles. The number of halogens is 2. The zero-order valence-electron chi connectivity index (χ0n) is 14.9. The minimum absolute atomic E-state index is 0. The molecule has 2 aromatic rings. The normalized spacial score (nSPS) is 19.8. The van der Waals surface area contributed by atoms with Gasteiger partial charge in [-0.15, -0.1) is 36.2 Å². The van der Waals surface area contributed by atoms with Gasteiger partial charge in [-0.3, -0.25) is 4.79 Å². The minimum atomic E-state index is -0.261. The molecule has 2 aliphatic rings. The van der Waals surface area contributed by atoms with E-state index < -0.39 is 0 Å². The molecule has 1 saturated heterocycles. The highest BCUT2D eigenvalue weighted by atomic mass is 35.5. The summed E-state index contributed by atoms with van der Waals surface area (Å²) in [6.45, 7) is 2.20. The molecule has 26 heavy (non-hydrogen) atoms. The van der Waals surface area contributed by atoms with E-state index in [9.17, 15) is 4.79 Å². The molecule has 0 radical (unpaired) electrons. The monoisotopic (exact) mass is 415 g/mol. The van der Waals surface area contributed by atoms with E-state index >= 15 is 0 Å². The van der Waals surface area contributed by atoms with Crippen LogP contribution in [0.5, 0.6) is 0 Å². The largest absolute Gasteiger partial charge is 0.342 e. The van der Waals surface area contributed by atoms with Crippen LogP contribution in [0.4, 0.5) is 0 Å². The molecule has 4 rings (SSSR count). The summed E-state index contributed by atoms with van der Waals surface area (Å²) in [7, 11) is 0. The Labute approximate surface area is 171 Å². The quantitative estimate of drug-likeness (QED) is 0.809. The summed E-state index contributed by atoms with van der Waals surface area (Å²) in [5.74, 6) is 0.800. The van der Waals surface area contributed by atoms with Gasteiger partial charge in [0.2, 0.25) is 5.91 Å². The molecule has 1 aliphatic heterocycles. The van der Waals surface area contributed by atoms with Crippen LogP contribution in [0, 0.1) is 5.41 Å². The second kappa shape index (κ2) is 8.87. The number of hydrogen-bond acceptors (Lipinski definition) is 4. The number of fused-ring (bicyclic) bond motifs is 1. The standard InChI is InChI=1S/C19H25N3OS.2ClH/c20-13-19(9-3-4-10-19)18(23)22-11-7-14(8-12-22)17-21-15-5-1-2-6-16(15)24-17;;/h1-2,5-6,14H,3-4,7-13,20H2;2*1H. The fourth-order valence-corrected chi connectivity index (χ4v) is 5.42. The van der Waals surface area contributed by atoms with Crippen LogP contribution in [0.1, 0.15) is 49.5 Å². The number of nitrogens with two attached hydrogens (primary N) is 1. The first-order valence-corrected chi connectivity index (χ1v) is 9.88. The lowest BCUT2D eigenvalue weighted by molar-refractivity contribution is -0.142. The summed E-state index contributed by atoms with van der Waals surface area (Å²) in [5, 5.41) is 1.23. The first-order chi connectivity index (χ1) is 11.7. The van der Waals surface area contributed by atoms with Gasteiger partial charge in [-0.1, -0.05) is 25.0 Å². The Hall–Kier alpha value is -0.880. The van der Waals surface area contributed by atoms with E-state index in [-0.39, 0.29) is 30.2 Å². The highest BCUT2D eigenvalue weighted by Gasteiger charge is 2.43. The van der Waals surface area contributed by atoms with Gasteiger partial charge in [-0.2, -0.15) is 0 Å². The molecule has 1 aliphatic carbocycles. The van der Waals surface area contributed by atoms with Crippen molar-refractivity contribution in [1.29, 1.82) is 0 Å². The van der Waals surface area contributed by atoms with Gasteiger partial charge in [0.25, 0.3) is 0 Å². The molecule has 4 nitrogen and oxygen atoms in total. The third-order valence-corrected chi connectivity index (χ3v) is 7.05. The van der Waals surface area contributed by atoms with Crippen molar-refractivity contribution < 1.29 is 4.79 Å². The van der Waals surface area contributed by atoms with E-state index in [0.29, 0.717) is 18.4 Å². The minimum Gasteiger partial charge on any atom is -0.342 e. The Morgan fingerprint density at radius 3 is 2.46 bits per heavy atom. The van der Waals surface area contributed by atoms with Gasteiger partial charge in [0.05, 0.1) is 20.6 Å². The molecule has 144 valence electrons. The van der Waals surface area contributed by atoms with Gasteiger partial charge >= 0.3 is 0 Å². The average Bonchev–Trinajstić information content (AvgIpc) is 3.28. The molecule has 2 N–H and O–H groups in total. The van der Waals surface area contributed by atoms with Crippen LogP contribution in [0.3, 0.4) is 0 Å². The van der Waals surface area contributed by atoms with E-state index in [4.69, 9.17) is 10.7 Å². The van der Waals surface area contributed by atoms with E-state index in [2.05, 4.69) is 23.1 Å². The maximum atomic E-state index is 13.0. The SMILES string of the molecule is Cl.Cl.NCC1(C(=O)N2CCC(c3nc4ccccc4s3)CC2)CCCC1. The lowest BCUT2D eigenvalue weighted by Gasteiger charge is -2.37. The first-order valence-electron chi connectivity index (χ1n) is 9.07. The number of para-hydroxylation sites is 1. The van der Waals surface area contributed by atoms with Crippen LogP contribution in [0.2, 0.25) is 0 Å². The summed E-state index contributed by atoms with van der Waals surface area (Å²) in [5.41, 5.74) is 6.82. The number of benzene rings is 1. The van der Waals surface area contributed by atoms with Crippen molar-refractivity contribution in [3.8, 4) is 0 Å². The second-order valence-corrected chi connectivity index (χ2v) is 8.34. The van der Waals surface area contributed by atoms with Crippen molar-refractivity contribution in [2.45, 2.75) is 44.4 Å². The zero-order chi connectivity index (χ0) is 16.6. The van der Waals surface area contributed by atoms with Crippen LogP contribution in [0.15, 0.2) is 24.3 Å². The van der Waals surface area contributed by atoms with Gasteiger partial charge in [-0.05, 0) is 37.8 Å². The van der Waals surface area contributed by atoms with Gasteiger partial charge in [0.1, 0.15) is 0 Å². The number of carbonyl (C=O) groups excluding carboxylic acids is 1. The molecule has 0 unspecified atom stereocenters. The Kier molecular flexibility index (Phi) is 7.31. The predicted octanol–water partition coefficient (Wildman–Crippen LogP) is 4.37. The first kappa shape index (κ1) is 21.4. The topological polar surface area (TPSA) is 59.2 Å². The maximum absolute atomic E-state index is 13.0. The molecule has 0 spiro atoms. The molecule has 0 bridgehead atoms. The van der Waals surface area contributed by atoms with Gasteiger partial charge in [-0.25, -0.2) is 4.98 Å². The predicted molar refractivity (Wildman–Crippen MR) is 113 cm³/mol. The smallest absolute Gasteiger partial charge is 0.230 e. The fourth-order valence-electron chi connectivity index (χ4n) is 4.29. The number of rotatable bonds is 3. The Morgan fingerprint density at radius 2 is 1.85 bits per heavy atom. The molecular weight excluding hydrogens is 389 g/mol. The number of nitrogens with zero attached hydrogens (tertiary/aromatic N) is 2. The average molecular weight is 416 g/mol. The molecule has 2 fully saturated rings. The number of piperidine rings is 1. The van der Waals surface area contributed by atoms with Crippen molar-refractivity contribution >= 4 is 52.3 Å². The van der Waals surface area contributed by atoms with Gasteiger partial charge in [0.15, 0.2) is 0 Å². The molecule has 1 saturated carbocycles. The third-order valence-electron chi connectivity index (χ3n) is 5.85. The van der Waals surface area contributed by atoms with Crippen LogP contribution in [-0.4, -0.2) is 35.4 Å². The van der Waals surface area contributed by atoms with E-state index in [1.807, 2.05) is 17.4 Å². The summed E-state index contributed by atoms with van der Waals surface area (Å²) in [4.78, 5) is 19.9. The zero-order valence-corrected chi connectivity index (χ0v) is 17.3.